The summed E-state index contributed by atoms with van der Waals surface area (Å²) in [6.45, 7) is 3.48. The molecule has 4 nitrogen and oxygen atoms in total. The molecule has 1 atom stereocenters. The zero-order valence-corrected chi connectivity index (χ0v) is 10.2. The molecule has 0 radical (unpaired) electrons. The van der Waals surface area contributed by atoms with Gasteiger partial charge in [0, 0.05) is 18.8 Å². The molecule has 3 rings (SSSR count). The third-order valence-electron chi connectivity index (χ3n) is 3.69. The van der Waals surface area contributed by atoms with Gasteiger partial charge < -0.3 is 10.2 Å². The fraction of sp³-hybridized carbons (Fsp3) is 0.692. The molecule has 1 saturated heterocycles. The van der Waals surface area contributed by atoms with Gasteiger partial charge in [0.1, 0.15) is 0 Å². The third kappa shape index (κ3) is 2.75. The van der Waals surface area contributed by atoms with Crippen LogP contribution in [0.1, 0.15) is 25.7 Å². The molecule has 1 saturated carbocycles. The van der Waals surface area contributed by atoms with E-state index in [4.69, 9.17) is 0 Å². The highest BCUT2D eigenvalue weighted by Gasteiger charge is 2.31. The zero-order chi connectivity index (χ0) is 11.5. The van der Waals surface area contributed by atoms with E-state index in [1.165, 1.54) is 32.2 Å². The van der Waals surface area contributed by atoms with Gasteiger partial charge in [-0.3, -0.25) is 0 Å². The van der Waals surface area contributed by atoms with Gasteiger partial charge in [0.25, 0.3) is 0 Å². The minimum absolute atomic E-state index is 0.716. The van der Waals surface area contributed by atoms with E-state index in [2.05, 4.69) is 26.5 Å². The van der Waals surface area contributed by atoms with E-state index in [0.29, 0.717) is 6.04 Å². The molecule has 1 aromatic rings. The molecule has 1 aliphatic heterocycles. The maximum absolute atomic E-state index is 4.26. The lowest BCUT2D eigenvalue weighted by molar-refractivity contribution is 0.375. The van der Waals surface area contributed by atoms with Crippen molar-refractivity contribution < 1.29 is 0 Å². The first-order chi connectivity index (χ1) is 8.43. The first-order valence-corrected chi connectivity index (χ1v) is 6.68. The Hall–Kier alpha value is -1.16. The molecule has 0 bridgehead atoms. The fourth-order valence-electron chi connectivity index (χ4n) is 2.62. The maximum atomic E-state index is 4.26. The van der Waals surface area contributed by atoms with E-state index >= 15 is 0 Å². The van der Waals surface area contributed by atoms with Crippen LogP contribution in [0.5, 0.6) is 0 Å². The van der Waals surface area contributed by atoms with Crippen LogP contribution in [0.3, 0.4) is 0 Å². The lowest BCUT2D eigenvalue weighted by Gasteiger charge is -2.30. The maximum Gasteiger partial charge on any atom is 0.151 e. The summed E-state index contributed by atoms with van der Waals surface area (Å²) in [5.74, 6) is 1.83. The van der Waals surface area contributed by atoms with Crippen molar-refractivity contribution in [3.63, 3.8) is 0 Å². The second kappa shape index (κ2) is 5.00. The van der Waals surface area contributed by atoms with Crippen molar-refractivity contribution >= 4 is 5.82 Å². The normalized spacial score (nSPS) is 24.6. The summed E-state index contributed by atoms with van der Waals surface area (Å²) in [7, 11) is 0. The number of hydrogen-bond donors (Lipinski definition) is 1. The molecule has 92 valence electrons. The number of nitrogens with zero attached hydrogens (tertiary/aromatic N) is 3. The Kier molecular flexibility index (Phi) is 3.22. The lowest BCUT2D eigenvalue weighted by atomic mass is 9.99. The molecule has 0 spiro atoms. The summed E-state index contributed by atoms with van der Waals surface area (Å²) in [5.41, 5.74) is 0. The average Bonchev–Trinajstić information content (AvgIpc) is 3.23. The second-order valence-corrected chi connectivity index (χ2v) is 5.18. The molecular weight excluding hydrogens is 212 g/mol. The largest absolute Gasteiger partial charge is 0.352 e. The van der Waals surface area contributed by atoms with Gasteiger partial charge in [-0.15, -0.1) is 5.10 Å². The molecule has 0 aromatic carbocycles. The Balaban J connectivity index is 1.67. The first-order valence-electron chi connectivity index (χ1n) is 6.68. The summed E-state index contributed by atoms with van der Waals surface area (Å²) in [5, 5.41) is 11.8. The van der Waals surface area contributed by atoms with Crippen LogP contribution in [0.25, 0.3) is 0 Å². The molecule has 0 amide bonds. The topological polar surface area (TPSA) is 41.1 Å². The minimum Gasteiger partial charge on any atom is -0.352 e. The van der Waals surface area contributed by atoms with E-state index in [1.807, 2.05) is 6.07 Å². The fourth-order valence-corrected chi connectivity index (χ4v) is 2.62. The van der Waals surface area contributed by atoms with Gasteiger partial charge in [0.15, 0.2) is 5.82 Å². The molecule has 1 N–H and O–H groups in total. The summed E-state index contributed by atoms with van der Waals surface area (Å²) >= 11 is 0. The predicted molar refractivity (Wildman–Crippen MR) is 68.0 cm³/mol. The van der Waals surface area contributed by atoms with Gasteiger partial charge in [-0.2, -0.15) is 5.10 Å². The van der Waals surface area contributed by atoms with Gasteiger partial charge >= 0.3 is 0 Å². The average molecular weight is 232 g/mol. The molecule has 2 fully saturated rings. The monoisotopic (exact) mass is 232 g/mol. The van der Waals surface area contributed by atoms with E-state index in [0.717, 1.165) is 24.8 Å². The van der Waals surface area contributed by atoms with Crippen LogP contribution in [0.4, 0.5) is 5.82 Å². The summed E-state index contributed by atoms with van der Waals surface area (Å²) in [4.78, 5) is 2.46. The highest BCUT2D eigenvalue weighted by molar-refractivity contribution is 5.39. The second-order valence-electron chi connectivity index (χ2n) is 5.18. The van der Waals surface area contributed by atoms with Crippen LogP contribution in [0.2, 0.25) is 0 Å². The van der Waals surface area contributed by atoms with Crippen molar-refractivity contribution in [2.24, 2.45) is 5.92 Å². The van der Waals surface area contributed by atoms with Crippen molar-refractivity contribution in [1.29, 1.82) is 0 Å². The Morgan fingerprint density at radius 2 is 2.29 bits per heavy atom. The van der Waals surface area contributed by atoms with E-state index < -0.39 is 0 Å². The SMILES string of the molecule is c1cnnc(N(CC2CCCNC2)C2CC2)c1. The van der Waals surface area contributed by atoms with Crippen LogP contribution >= 0.6 is 0 Å². The highest BCUT2D eigenvalue weighted by atomic mass is 15.3. The van der Waals surface area contributed by atoms with Gasteiger partial charge in [0.05, 0.1) is 0 Å². The molecule has 17 heavy (non-hydrogen) atoms. The third-order valence-corrected chi connectivity index (χ3v) is 3.69. The van der Waals surface area contributed by atoms with Crippen molar-refractivity contribution in [2.45, 2.75) is 31.7 Å². The molecule has 2 heterocycles. The van der Waals surface area contributed by atoms with Crippen LogP contribution in [0, 0.1) is 5.92 Å². The summed E-state index contributed by atoms with van der Waals surface area (Å²) in [6.07, 6.45) is 7.03. The lowest BCUT2D eigenvalue weighted by Crippen LogP contribution is -2.39. The number of anilines is 1. The number of piperidine rings is 1. The van der Waals surface area contributed by atoms with Crippen LogP contribution in [-0.2, 0) is 0 Å². The highest BCUT2D eigenvalue weighted by Crippen LogP contribution is 2.31. The Bertz CT molecular complexity index is 344. The Morgan fingerprint density at radius 1 is 1.35 bits per heavy atom. The van der Waals surface area contributed by atoms with Gasteiger partial charge in [-0.05, 0) is 56.8 Å². The Morgan fingerprint density at radius 3 is 2.94 bits per heavy atom. The minimum atomic E-state index is 0.716. The summed E-state index contributed by atoms with van der Waals surface area (Å²) < 4.78 is 0. The van der Waals surface area contributed by atoms with Gasteiger partial charge in [-0.25, -0.2) is 0 Å². The van der Waals surface area contributed by atoms with Crippen molar-refractivity contribution in [2.75, 3.05) is 24.5 Å². The summed E-state index contributed by atoms with van der Waals surface area (Å²) in [6, 6.07) is 4.78. The molecular formula is C13H20N4. The van der Waals surface area contributed by atoms with Gasteiger partial charge in [-0.1, -0.05) is 0 Å². The molecule has 1 aromatic heterocycles. The van der Waals surface area contributed by atoms with E-state index in [-0.39, 0.29) is 0 Å². The standard InChI is InChI=1S/C13H20N4/c1-3-11(9-14-7-1)10-17(12-5-6-12)13-4-2-8-15-16-13/h2,4,8,11-12,14H,1,3,5-7,9-10H2. The van der Waals surface area contributed by atoms with Crippen molar-refractivity contribution in [3.05, 3.63) is 18.3 Å². The predicted octanol–water partition coefficient (Wildman–Crippen LogP) is 1.44. The quantitative estimate of drug-likeness (QED) is 0.853. The van der Waals surface area contributed by atoms with E-state index in [1.54, 1.807) is 6.20 Å². The number of rotatable bonds is 4. The van der Waals surface area contributed by atoms with Crippen LogP contribution in [0.15, 0.2) is 18.3 Å². The zero-order valence-electron chi connectivity index (χ0n) is 10.2. The first kappa shape index (κ1) is 11.0. The Labute approximate surface area is 102 Å². The molecule has 2 aliphatic rings. The van der Waals surface area contributed by atoms with Crippen molar-refractivity contribution in [3.8, 4) is 0 Å². The smallest absolute Gasteiger partial charge is 0.151 e. The van der Waals surface area contributed by atoms with Crippen LogP contribution < -0.4 is 10.2 Å². The number of nitrogens with one attached hydrogen (secondary N) is 1. The van der Waals surface area contributed by atoms with E-state index in [9.17, 15) is 0 Å². The van der Waals surface area contributed by atoms with Crippen LogP contribution in [-0.4, -0.2) is 35.9 Å². The molecule has 1 aliphatic carbocycles. The van der Waals surface area contributed by atoms with Gasteiger partial charge in [0.2, 0.25) is 0 Å². The number of aromatic nitrogens is 2. The van der Waals surface area contributed by atoms with Crippen molar-refractivity contribution in [1.82, 2.24) is 15.5 Å². The number of hydrogen-bond acceptors (Lipinski definition) is 4. The molecule has 1 unspecified atom stereocenters. The molecule has 4 heteroatoms.